The van der Waals surface area contributed by atoms with E-state index in [-0.39, 0.29) is 0 Å². The van der Waals surface area contributed by atoms with Gasteiger partial charge in [0.1, 0.15) is 0 Å². The molecular weight excluding hydrogens is 236 g/mol. The molecule has 0 unspecified atom stereocenters. The zero-order valence-corrected chi connectivity index (χ0v) is 13.2. The fraction of sp³-hybridized carbons (Fsp3) is 1.00. The van der Waals surface area contributed by atoms with E-state index in [1.165, 1.54) is 89.9 Å². The molecule has 0 aliphatic carbocycles. The van der Waals surface area contributed by atoms with Crippen molar-refractivity contribution in [3.63, 3.8) is 0 Å². The van der Waals surface area contributed by atoms with E-state index in [1.54, 1.807) is 0 Å². The van der Waals surface area contributed by atoms with E-state index in [4.69, 9.17) is 5.26 Å². The highest BCUT2D eigenvalue weighted by atomic mass is 17.1. The monoisotopic (exact) mass is 272 g/mol. The Bertz CT molecular complexity index is 132. The Kier molecular flexibility index (Phi) is 17.8. The second-order valence-corrected chi connectivity index (χ2v) is 5.78. The van der Waals surface area contributed by atoms with Crippen molar-refractivity contribution in [1.82, 2.24) is 0 Å². The zero-order valence-electron chi connectivity index (χ0n) is 13.2. The van der Waals surface area contributed by atoms with Crippen LogP contribution in [0.3, 0.4) is 0 Å². The first-order valence-electron chi connectivity index (χ1n) is 8.68. The molecule has 0 atom stereocenters. The molecule has 2 heteroatoms. The summed E-state index contributed by atoms with van der Waals surface area (Å²) in [5.41, 5.74) is 0. The molecule has 0 saturated heterocycles. The quantitative estimate of drug-likeness (QED) is 0.201. The summed E-state index contributed by atoms with van der Waals surface area (Å²) in [6.07, 6.45) is 20.5. The lowest BCUT2D eigenvalue weighted by Crippen LogP contribution is -1.88. The third-order valence-corrected chi connectivity index (χ3v) is 3.84. The van der Waals surface area contributed by atoms with Crippen molar-refractivity contribution in [2.75, 3.05) is 6.61 Å². The van der Waals surface area contributed by atoms with Gasteiger partial charge in [-0.15, -0.1) is 0 Å². The van der Waals surface area contributed by atoms with Gasteiger partial charge in [0, 0.05) is 0 Å². The van der Waals surface area contributed by atoms with E-state index >= 15 is 0 Å². The molecule has 0 aromatic heterocycles. The fourth-order valence-corrected chi connectivity index (χ4v) is 2.54. The molecule has 0 saturated carbocycles. The van der Waals surface area contributed by atoms with Crippen LogP contribution in [0.2, 0.25) is 0 Å². The number of hydrogen-bond donors (Lipinski definition) is 1. The van der Waals surface area contributed by atoms with Crippen LogP contribution in [0.4, 0.5) is 0 Å². The molecule has 0 aliphatic heterocycles. The van der Waals surface area contributed by atoms with Gasteiger partial charge in [-0.05, 0) is 6.42 Å². The Morgan fingerprint density at radius 3 is 1.16 bits per heavy atom. The average molecular weight is 272 g/mol. The minimum atomic E-state index is 0.498. The highest BCUT2D eigenvalue weighted by Crippen LogP contribution is 2.13. The molecular formula is C17H36O2. The van der Waals surface area contributed by atoms with Gasteiger partial charge >= 0.3 is 0 Å². The van der Waals surface area contributed by atoms with Crippen molar-refractivity contribution in [1.29, 1.82) is 0 Å². The van der Waals surface area contributed by atoms with Crippen molar-refractivity contribution in [3.8, 4) is 0 Å². The molecule has 116 valence electrons. The van der Waals surface area contributed by atoms with E-state index in [9.17, 15) is 0 Å². The lowest BCUT2D eigenvalue weighted by atomic mass is 10.0. The molecule has 0 aliphatic rings. The molecule has 0 radical (unpaired) electrons. The Morgan fingerprint density at radius 1 is 0.526 bits per heavy atom. The maximum absolute atomic E-state index is 8.17. The summed E-state index contributed by atoms with van der Waals surface area (Å²) in [6.45, 7) is 2.78. The van der Waals surface area contributed by atoms with Crippen LogP contribution in [0.25, 0.3) is 0 Å². The largest absolute Gasteiger partial charge is 0.252 e. The molecule has 0 spiro atoms. The molecule has 0 rings (SSSR count). The Morgan fingerprint density at radius 2 is 0.842 bits per heavy atom. The molecule has 0 heterocycles. The van der Waals surface area contributed by atoms with Crippen molar-refractivity contribution >= 4 is 0 Å². The first-order valence-corrected chi connectivity index (χ1v) is 8.68. The molecule has 1 N–H and O–H groups in total. The van der Waals surface area contributed by atoms with Gasteiger partial charge in [-0.2, -0.15) is 0 Å². The first-order chi connectivity index (χ1) is 9.41. The van der Waals surface area contributed by atoms with Crippen LogP contribution in [-0.4, -0.2) is 11.9 Å². The summed E-state index contributed by atoms with van der Waals surface area (Å²) in [4.78, 5) is 4.06. The second-order valence-electron chi connectivity index (χ2n) is 5.78. The lowest BCUT2D eigenvalue weighted by molar-refractivity contribution is -0.242. The summed E-state index contributed by atoms with van der Waals surface area (Å²) >= 11 is 0. The summed E-state index contributed by atoms with van der Waals surface area (Å²) in [5, 5.41) is 8.17. The topological polar surface area (TPSA) is 29.5 Å². The predicted molar refractivity (Wildman–Crippen MR) is 83.5 cm³/mol. The van der Waals surface area contributed by atoms with E-state index in [0.29, 0.717) is 6.61 Å². The van der Waals surface area contributed by atoms with Gasteiger partial charge in [-0.25, -0.2) is 4.89 Å². The Balaban J connectivity index is 2.88. The van der Waals surface area contributed by atoms with Crippen LogP contribution in [-0.2, 0) is 4.89 Å². The highest BCUT2D eigenvalue weighted by molar-refractivity contribution is 4.49. The minimum Gasteiger partial charge on any atom is -0.252 e. The van der Waals surface area contributed by atoms with Gasteiger partial charge in [0.05, 0.1) is 6.61 Å². The molecule has 0 aromatic carbocycles. The second kappa shape index (κ2) is 17.9. The van der Waals surface area contributed by atoms with Gasteiger partial charge in [-0.1, -0.05) is 96.8 Å². The van der Waals surface area contributed by atoms with Crippen molar-refractivity contribution in [2.45, 2.75) is 103 Å². The van der Waals surface area contributed by atoms with Crippen LogP contribution in [0.5, 0.6) is 0 Å². The van der Waals surface area contributed by atoms with Crippen LogP contribution in [0.15, 0.2) is 0 Å². The zero-order chi connectivity index (χ0) is 14.0. The maximum Gasteiger partial charge on any atom is 0.0819 e. The van der Waals surface area contributed by atoms with Gasteiger partial charge in [0.2, 0.25) is 0 Å². The molecule has 0 bridgehead atoms. The predicted octanol–water partition coefficient (Wildman–Crippen LogP) is 6.35. The normalized spacial score (nSPS) is 11.1. The summed E-state index contributed by atoms with van der Waals surface area (Å²) in [6, 6.07) is 0. The third kappa shape index (κ3) is 17.9. The minimum absolute atomic E-state index is 0.498. The van der Waals surface area contributed by atoms with Crippen molar-refractivity contribution in [3.05, 3.63) is 0 Å². The van der Waals surface area contributed by atoms with Gasteiger partial charge in [-0.3, -0.25) is 5.26 Å². The summed E-state index contributed by atoms with van der Waals surface area (Å²) < 4.78 is 0. The molecule has 0 amide bonds. The van der Waals surface area contributed by atoms with E-state index < -0.39 is 0 Å². The standard InChI is InChI=1S/C17H36O2/c1-2-3-4-5-6-7-8-9-10-11-12-13-14-15-16-17-19-18/h18H,2-17H2,1H3. The van der Waals surface area contributed by atoms with Crippen LogP contribution >= 0.6 is 0 Å². The molecule has 0 aromatic rings. The average Bonchev–Trinajstić information content (AvgIpc) is 2.43. The van der Waals surface area contributed by atoms with E-state index in [1.807, 2.05) is 0 Å². The Hall–Kier alpha value is -0.0800. The third-order valence-electron chi connectivity index (χ3n) is 3.84. The van der Waals surface area contributed by atoms with Crippen LogP contribution < -0.4 is 0 Å². The lowest BCUT2D eigenvalue weighted by Gasteiger charge is -2.03. The molecule has 2 nitrogen and oxygen atoms in total. The molecule has 19 heavy (non-hydrogen) atoms. The maximum atomic E-state index is 8.17. The van der Waals surface area contributed by atoms with Crippen LogP contribution in [0, 0.1) is 0 Å². The Labute approximate surface area is 120 Å². The first kappa shape index (κ1) is 18.9. The number of hydrogen-bond acceptors (Lipinski definition) is 2. The van der Waals surface area contributed by atoms with Gasteiger partial charge in [0.15, 0.2) is 0 Å². The fourth-order valence-electron chi connectivity index (χ4n) is 2.54. The summed E-state index contributed by atoms with van der Waals surface area (Å²) in [7, 11) is 0. The van der Waals surface area contributed by atoms with Crippen molar-refractivity contribution in [2.24, 2.45) is 0 Å². The highest BCUT2D eigenvalue weighted by Gasteiger charge is 1.94. The van der Waals surface area contributed by atoms with Crippen molar-refractivity contribution < 1.29 is 10.1 Å². The van der Waals surface area contributed by atoms with E-state index in [2.05, 4.69) is 11.8 Å². The smallest absolute Gasteiger partial charge is 0.0819 e. The van der Waals surface area contributed by atoms with Crippen LogP contribution in [0.1, 0.15) is 103 Å². The SMILES string of the molecule is CCCCCCCCCCCCCCCCCOO. The van der Waals surface area contributed by atoms with E-state index in [0.717, 1.165) is 6.42 Å². The number of rotatable bonds is 16. The summed E-state index contributed by atoms with van der Waals surface area (Å²) in [5.74, 6) is 0. The number of unbranched alkanes of at least 4 members (excludes halogenated alkanes) is 14. The van der Waals surface area contributed by atoms with Gasteiger partial charge < -0.3 is 0 Å². The molecule has 0 fully saturated rings. The van der Waals surface area contributed by atoms with Gasteiger partial charge in [0.25, 0.3) is 0 Å².